The van der Waals surface area contributed by atoms with Gasteiger partial charge in [-0.25, -0.2) is 4.98 Å². The second-order valence-electron chi connectivity index (χ2n) is 3.89. The molecule has 0 atom stereocenters. The van der Waals surface area contributed by atoms with Gasteiger partial charge in [-0.05, 0) is 23.8 Å². The Morgan fingerprint density at radius 2 is 1.95 bits per heavy atom. The number of rotatable bonds is 7. The van der Waals surface area contributed by atoms with E-state index in [9.17, 15) is 0 Å². The molecule has 0 radical (unpaired) electrons. The maximum Gasteiger partial charge on any atom is 0.224 e. The average Bonchev–Trinajstić information content (AvgIpc) is 2.47. The molecular weight excluding hydrogens is 242 g/mol. The fraction of sp³-hybridized carbons (Fsp3) is 0.308. The number of ether oxygens (including phenoxy) is 1. The molecule has 6 heteroatoms. The minimum absolute atomic E-state index is 0.594. The van der Waals surface area contributed by atoms with Gasteiger partial charge in [0.15, 0.2) is 0 Å². The van der Waals surface area contributed by atoms with Gasteiger partial charge in [0.05, 0.1) is 6.61 Å². The number of nitrogens with one attached hydrogen (secondary N) is 2. The van der Waals surface area contributed by atoms with Crippen molar-refractivity contribution in [2.75, 3.05) is 30.9 Å². The van der Waals surface area contributed by atoms with Gasteiger partial charge in [0.1, 0.15) is 5.82 Å². The molecule has 2 aromatic heterocycles. The van der Waals surface area contributed by atoms with E-state index in [0.717, 1.165) is 11.4 Å². The first-order chi connectivity index (χ1) is 9.38. The molecule has 0 saturated carbocycles. The van der Waals surface area contributed by atoms with Crippen LogP contribution >= 0.6 is 0 Å². The summed E-state index contributed by atoms with van der Waals surface area (Å²) in [6, 6.07) is 5.76. The van der Waals surface area contributed by atoms with E-state index in [-0.39, 0.29) is 0 Å². The predicted octanol–water partition coefficient (Wildman–Crippen LogP) is 1.54. The highest BCUT2D eigenvalue weighted by atomic mass is 16.5. The van der Waals surface area contributed by atoms with Gasteiger partial charge in [-0.2, -0.15) is 4.98 Å². The summed E-state index contributed by atoms with van der Waals surface area (Å²) in [5.41, 5.74) is 1.16. The first-order valence-corrected chi connectivity index (χ1v) is 6.07. The summed E-state index contributed by atoms with van der Waals surface area (Å²) in [6.07, 6.45) is 5.26. The van der Waals surface area contributed by atoms with Crippen molar-refractivity contribution >= 4 is 11.8 Å². The van der Waals surface area contributed by atoms with Crippen LogP contribution in [0.2, 0.25) is 0 Å². The second kappa shape index (κ2) is 7.27. The third-order valence-corrected chi connectivity index (χ3v) is 2.47. The Morgan fingerprint density at radius 1 is 1.11 bits per heavy atom. The standard InChI is InChI=1S/C13H17N5O/c1-19-9-8-16-13-15-7-4-12(18-13)17-10-11-2-5-14-6-3-11/h2-7H,8-10H2,1H3,(H2,15,16,17,18). The van der Waals surface area contributed by atoms with E-state index < -0.39 is 0 Å². The molecule has 0 fully saturated rings. The Morgan fingerprint density at radius 3 is 2.74 bits per heavy atom. The molecule has 0 aliphatic heterocycles. The van der Waals surface area contributed by atoms with Crippen molar-refractivity contribution in [3.8, 4) is 0 Å². The van der Waals surface area contributed by atoms with Crippen LogP contribution in [0.15, 0.2) is 36.8 Å². The molecule has 2 rings (SSSR count). The molecule has 0 unspecified atom stereocenters. The third-order valence-electron chi connectivity index (χ3n) is 2.47. The van der Waals surface area contributed by atoms with Crippen LogP contribution in [-0.2, 0) is 11.3 Å². The van der Waals surface area contributed by atoms with Crippen molar-refractivity contribution in [1.29, 1.82) is 0 Å². The second-order valence-corrected chi connectivity index (χ2v) is 3.89. The van der Waals surface area contributed by atoms with E-state index >= 15 is 0 Å². The molecule has 0 aromatic carbocycles. The molecule has 6 nitrogen and oxygen atoms in total. The maximum atomic E-state index is 4.96. The zero-order chi connectivity index (χ0) is 13.3. The van der Waals surface area contributed by atoms with Crippen LogP contribution in [-0.4, -0.2) is 35.2 Å². The Hall–Kier alpha value is -2.21. The molecule has 2 N–H and O–H groups in total. The van der Waals surface area contributed by atoms with Gasteiger partial charge in [-0.15, -0.1) is 0 Å². The van der Waals surface area contributed by atoms with E-state index in [1.54, 1.807) is 25.7 Å². The number of nitrogens with zero attached hydrogens (tertiary/aromatic N) is 3. The summed E-state index contributed by atoms with van der Waals surface area (Å²) >= 11 is 0. The zero-order valence-electron chi connectivity index (χ0n) is 10.8. The lowest BCUT2D eigenvalue weighted by atomic mass is 10.3. The van der Waals surface area contributed by atoms with E-state index in [2.05, 4.69) is 25.6 Å². The van der Waals surface area contributed by atoms with Crippen LogP contribution in [0.5, 0.6) is 0 Å². The van der Waals surface area contributed by atoms with Crippen LogP contribution in [0.1, 0.15) is 5.56 Å². The van der Waals surface area contributed by atoms with Gasteiger partial charge in [0, 0.05) is 38.8 Å². The third kappa shape index (κ3) is 4.51. The number of hydrogen-bond acceptors (Lipinski definition) is 6. The molecule has 0 spiro atoms. The first kappa shape index (κ1) is 13.2. The number of aromatic nitrogens is 3. The summed E-state index contributed by atoms with van der Waals surface area (Å²) < 4.78 is 4.96. The number of methoxy groups -OCH3 is 1. The molecule has 0 aliphatic rings. The highest BCUT2D eigenvalue weighted by Crippen LogP contribution is 2.07. The molecule has 0 amide bonds. The quantitative estimate of drug-likeness (QED) is 0.735. The summed E-state index contributed by atoms with van der Waals surface area (Å²) in [5.74, 6) is 1.38. The van der Waals surface area contributed by atoms with Gasteiger partial charge in [-0.1, -0.05) is 0 Å². The van der Waals surface area contributed by atoms with E-state index in [0.29, 0.717) is 25.6 Å². The van der Waals surface area contributed by atoms with Crippen molar-refractivity contribution in [2.24, 2.45) is 0 Å². The van der Waals surface area contributed by atoms with Crippen molar-refractivity contribution < 1.29 is 4.74 Å². The summed E-state index contributed by atoms with van der Waals surface area (Å²) in [7, 11) is 1.66. The van der Waals surface area contributed by atoms with E-state index in [4.69, 9.17) is 4.74 Å². The fourth-order valence-electron chi connectivity index (χ4n) is 1.50. The molecule has 0 aliphatic carbocycles. The van der Waals surface area contributed by atoms with Crippen LogP contribution in [0, 0.1) is 0 Å². The van der Waals surface area contributed by atoms with Crippen molar-refractivity contribution in [3.63, 3.8) is 0 Å². The van der Waals surface area contributed by atoms with Gasteiger partial charge in [-0.3, -0.25) is 4.98 Å². The normalized spacial score (nSPS) is 10.2. The largest absolute Gasteiger partial charge is 0.383 e. The van der Waals surface area contributed by atoms with Gasteiger partial charge < -0.3 is 15.4 Å². The van der Waals surface area contributed by atoms with Crippen LogP contribution in [0.4, 0.5) is 11.8 Å². The number of anilines is 2. The molecule has 2 heterocycles. The lowest BCUT2D eigenvalue weighted by Gasteiger charge is -2.08. The summed E-state index contributed by atoms with van der Waals surface area (Å²) in [6.45, 7) is 2.01. The Kier molecular flexibility index (Phi) is 5.06. The fourth-order valence-corrected chi connectivity index (χ4v) is 1.50. The van der Waals surface area contributed by atoms with Crippen LogP contribution in [0.3, 0.4) is 0 Å². The zero-order valence-corrected chi connectivity index (χ0v) is 10.8. The van der Waals surface area contributed by atoms with E-state index in [1.165, 1.54) is 0 Å². The molecule has 19 heavy (non-hydrogen) atoms. The SMILES string of the molecule is COCCNc1nccc(NCc2ccncc2)n1. The summed E-state index contributed by atoms with van der Waals surface area (Å²) in [5, 5.41) is 6.33. The maximum absolute atomic E-state index is 4.96. The monoisotopic (exact) mass is 259 g/mol. The topological polar surface area (TPSA) is 72.0 Å². The Balaban J connectivity index is 1.88. The van der Waals surface area contributed by atoms with Crippen molar-refractivity contribution in [1.82, 2.24) is 15.0 Å². The van der Waals surface area contributed by atoms with Crippen LogP contribution in [0.25, 0.3) is 0 Å². The van der Waals surface area contributed by atoms with Crippen molar-refractivity contribution in [2.45, 2.75) is 6.54 Å². The minimum Gasteiger partial charge on any atom is -0.383 e. The number of hydrogen-bond donors (Lipinski definition) is 2. The highest BCUT2D eigenvalue weighted by Gasteiger charge is 1.98. The lowest BCUT2D eigenvalue weighted by Crippen LogP contribution is -2.11. The molecule has 100 valence electrons. The average molecular weight is 259 g/mol. The van der Waals surface area contributed by atoms with Crippen molar-refractivity contribution in [3.05, 3.63) is 42.4 Å². The molecule has 0 saturated heterocycles. The highest BCUT2D eigenvalue weighted by molar-refractivity contribution is 5.40. The predicted molar refractivity (Wildman–Crippen MR) is 74.0 cm³/mol. The molecular formula is C13H17N5O. The lowest BCUT2D eigenvalue weighted by molar-refractivity contribution is 0.210. The Bertz CT molecular complexity index is 491. The molecule has 2 aromatic rings. The summed E-state index contributed by atoms with van der Waals surface area (Å²) in [4.78, 5) is 12.5. The van der Waals surface area contributed by atoms with Gasteiger partial charge >= 0.3 is 0 Å². The minimum atomic E-state index is 0.594. The Labute approximate surface area is 112 Å². The van der Waals surface area contributed by atoms with Crippen LogP contribution < -0.4 is 10.6 Å². The number of pyridine rings is 1. The first-order valence-electron chi connectivity index (χ1n) is 6.07. The van der Waals surface area contributed by atoms with Gasteiger partial charge in [0.25, 0.3) is 0 Å². The smallest absolute Gasteiger partial charge is 0.224 e. The van der Waals surface area contributed by atoms with Gasteiger partial charge in [0.2, 0.25) is 5.95 Å². The van der Waals surface area contributed by atoms with E-state index in [1.807, 2.05) is 18.2 Å². The molecule has 0 bridgehead atoms.